The second kappa shape index (κ2) is 6.99. The molecule has 1 aromatic carbocycles. The van der Waals surface area contributed by atoms with Gasteiger partial charge in [0.15, 0.2) is 0 Å². The zero-order valence-corrected chi connectivity index (χ0v) is 13.6. The molecule has 2 amide bonds. The van der Waals surface area contributed by atoms with E-state index in [9.17, 15) is 9.59 Å². The summed E-state index contributed by atoms with van der Waals surface area (Å²) < 4.78 is 0. The first-order chi connectivity index (χ1) is 11.1. The first kappa shape index (κ1) is 15.8. The Labute approximate surface area is 137 Å². The van der Waals surface area contributed by atoms with Crippen molar-refractivity contribution in [3.8, 4) is 0 Å². The number of nitrogens with zero attached hydrogens (tertiary/aromatic N) is 1. The van der Waals surface area contributed by atoms with Crippen LogP contribution in [-0.2, 0) is 9.59 Å². The quantitative estimate of drug-likeness (QED) is 0.848. The van der Waals surface area contributed by atoms with Crippen LogP contribution in [0.15, 0.2) is 36.4 Å². The molecule has 0 radical (unpaired) electrons. The molecule has 0 aromatic heterocycles. The van der Waals surface area contributed by atoms with Gasteiger partial charge in [-0.1, -0.05) is 24.3 Å². The Bertz CT molecular complexity index is 606. The normalized spacial score (nSPS) is 21.7. The van der Waals surface area contributed by atoms with E-state index in [1.165, 1.54) is 0 Å². The van der Waals surface area contributed by atoms with Crippen molar-refractivity contribution in [2.45, 2.75) is 45.1 Å². The van der Waals surface area contributed by atoms with Gasteiger partial charge in [-0.05, 0) is 49.8 Å². The van der Waals surface area contributed by atoms with Gasteiger partial charge in [0.1, 0.15) is 0 Å². The summed E-state index contributed by atoms with van der Waals surface area (Å²) in [6.07, 6.45) is 8.62. The van der Waals surface area contributed by atoms with Gasteiger partial charge in [-0.2, -0.15) is 0 Å². The van der Waals surface area contributed by atoms with E-state index in [1.54, 1.807) is 0 Å². The molecule has 0 bridgehead atoms. The third-order valence-electron chi connectivity index (χ3n) is 4.72. The van der Waals surface area contributed by atoms with Crippen LogP contribution in [0.1, 0.15) is 50.6 Å². The van der Waals surface area contributed by atoms with Crippen molar-refractivity contribution in [3.63, 3.8) is 0 Å². The molecule has 2 atom stereocenters. The predicted molar refractivity (Wildman–Crippen MR) is 91.1 cm³/mol. The Balaban J connectivity index is 1.56. The second-order valence-electron chi connectivity index (χ2n) is 6.50. The van der Waals surface area contributed by atoms with E-state index in [4.69, 9.17) is 0 Å². The van der Waals surface area contributed by atoms with Crippen molar-refractivity contribution in [1.29, 1.82) is 0 Å². The average Bonchev–Trinajstić information content (AvgIpc) is 3.19. The number of hydrogen-bond donors (Lipinski definition) is 1. The number of benzene rings is 1. The van der Waals surface area contributed by atoms with Crippen LogP contribution in [0.2, 0.25) is 0 Å². The minimum atomic E-state index is -0.0174. The molecular weight excluding hydrogens is 288 g/mol. The molecule has 1 N–H and O–H groups in total. The number of anilines is 1. The van der Waals surface area contributed by atoms with Crippen LogP contribution in [0.4, 0.5) is 5.69 Å². The van der Waals surface area contributed by atoms with Crippen LogP contribution < -0.4 is 10.2 Å². The number of carbonyl (C=O) groups is 2. The highest BCUT2D eigenvalue weighted by Crippen LogP contribution is 2.24. The van der Waals surface area contributed by atoms with Gasteiger partial charge in [-0.3, -0.25) is 9.59 Å². The van der Waals surface area contributed by atoms with Gasteiger partial charge in [0.2, 0.25) is 11.8 Å². The lowest BCUT2D eigenvalue weighted by Gasteiger charge is -2.19. The fraction of sp³-hybridized carbons (Fsp3) is 0.474. The van der Waals surface area contributed by atoms with E-state index in [1.807, 2.05) is 36.1 Å². The lowest BCUT2D eigenvalue weighted by atomic mass is 10.0. The van der Waals surface area contributed by atoms with Gasteiger partial charge < -0.3 is 10.2 Å². The standard InChI is InChI=1S/C19H24N2O2/c1-14(20-18(22)13-15-5-2-3-6-15)16-8-10-17(11-9-16)21-12-4-7-19(21)23/h2,5,8-11,14-15H,3-4,6-7,12-13H2,1H3,(H,20,22). The average molecular weight is 312 g/mol. The molecule has 4 heteroatoms. The molecular formula is C19H24N2O2. The van der Waals surface area contributed by atoms with Crippen molar-refractivity contribution in [3.05, 3.63) is 42.0 Å². The molecule has 1 aliphatic carbocycles. The molecule has 3 rings (SSSR count). The molecule has 1 heterocycles. The summed E-state index contributed by atoms with van der Waals surface area (Å²) >= 11 is 0. The highest BCUT2D eigenvalue weighted by molar-refractivity contribution is 5.95. The maximum atomic E-state index is 12.1. The Morgan fingerprint density at radius 1 is 1.35 bits per heavy atom. The fourth-order valence-electron chi connectivity index (χ4n) is 3.35. The lowest BCUT2D eigenvalue weighted by Crippen LogP contribution is -2.28. The van der Waals surface area contributed by atoms with E-state index in [0.717, 1.165) is 37.1 Å². The fourth-order valence-corrected chi connectivity index (χ4v) is 3.35. The zero-order chi connectivity index (χ0) is 16.2. The van der Waals surface area contributed by atoms with Crippen molar-refractivity contribution >= 4 is 17.5 Å². The lowest BCUT2D eigenvalue weighted by molar-refractivity contribution is -0.122. The Morgan fingerprint density at radius 2 is 2.13 bits per heavy atom. The molecule has 4 nitrogen and oxygen atoms in total. The monoisotopic (exact) mass is 312 g/mol. The third kappa shape index (κ3) is 3.81. The van der Waals surface area contributed by atoms with E-state index in [-0.39, 0.29) is 17.9 Å². The van der Waals surface area contributed by atoms with Crippen LogP contribution in [0.25, 0.3) is 0 Å². The number of nitrogens with one attached hydrogen (secondary N) is 1. The SMILES string of the molecule is CC(NC(=O)CC1C=CCC1)c1ccc(N2CCCC2=O)cc1. The molecule has 1 aliphatic heterocycles. The van der Waals surface area contributed by atoms with Crippen molar-refractivity contribution in [1.82, 2.24) is 5.32 Å². The first-order valence-corrected chi connectivity index (χ1v) is 8.50. The van der Waals surface area contributed by atoms with Crippen LogP contribution in [-0.4, -0.2) is 18.4 Å². The summed E-state index contributed by atoms with van der Waals surface area (Å²) in [7, 11) is 0. The Morgan fingerprint density at radius 3 is 2.74 bits per heavy atom. The highest BCUT2D eigenvalue weighted by Gasteiger charge is 2.22. The number of rotatable bonds is 5. The smallest absolute Gasteiger partial charge is 0.227 e. The zero-order valence-electron chi connectivity index (χ0n) is 13.6. The number of carbonyl (C=O) groups excluding carboxylic acids is 2. The Hall–Kier alpha value is -2.10. The minimum Gasteiger partial charge on any atom is -0.350 e. The summed E-state index contributed by atoms with van der Waals surface area (Å²) in [5, 5.41) is 3.07. The van der Waals surface area contributed by atoms with E-state index in [2.05, 4.69) is 17.5 Å². The molecule has 1 fully saturated rings. The van der Waals surface area contributed by atoms with Gasteiger partial charge in [-0.25, -0.2) is 0 Å². The van der Waals surface area contributed by atoms with Gasteiger partial charge in [0, 0.05) is 25.1 Å². The summed E-state index contributed by atoms with van der Waals surface area (Å²) in [6, 6.07) is 7.93. The van der Waals surface area contributed by atoms with Gasteiger partial charge in [0.25, 0.3) is 0 Å². The largest absolute Gasteiger partial charge is 0.350 e. The molecule has 1 saturated heterocycles. The van der Waals surface area contributed by atoms with Crippen molar-refractivity contribution in [2.75, 3.05) is 11.4 Å². The molecule has 2 aliphatic rings. The van der Waals surface area contributed by atoms with Crippen molar-refractivity contribution < 1.29 is 9.59 Å². The number of allylic oxidation sites excluding steroid dienone is 2. The number of amides is 2. The van der Waals surface area contributed by atoms with Crippen molar-refractivity contribution in [2.24, 2.45) is 5.92 Å². The van der Waals surface area contributed by atoms with Gasteiger partial charge in [0.05, 0.1) is 6.04 Å². The minimum absolute atomic E-state index is 0.0174. The molecule has 0 saturated carbocycles. The molecule has 122 valence electrons. The summed E-state index contributed by atoms with van der Waals surface area (Å²) in [5.74, 6) is 0.697. The van der Waals surface area contributed by atoms with Crippen LogP contribution in [0, 0.1) is 5.92 Å². The summed E-state index contributed by atoms with van der Waals surface area (Å²) in [4.78, 5) is 25.7. The Kier molecular flexibility index (Phi) is 4.79. The van der Waals surface area contributed by atoms with Crippen LogP contribution in [0.5, 0.6) is 0 Å². The predicted octanol–water partition coefficient (Wildman–Crippen LogP) is 3.35. The molecule has 1 aromatic rings. The topological polar surface area (TPSA) is 49.4 Å². The highest BCUT2D eigenvalue weighted by atomic mass is 16.2. The van der Waals surface area contributed by atoms with Gasteiger partial charge >= 0.3 is 0 Å². The first-order valence-electron chi connectivity index (χ1n) is 8.50. The third-order valence-corrected chi connectivity index (χ3v) is 4.72. The number of hydrogen-bond acceptors (Lipinski definition) is 2. The second-order valence-corrected chi connectivity index (χ2v) is 6.50. The van der Waals surface area contributed by atoms with E-state index < -0.39 is 0 Å². The van der Waals surface area contributed by atoms with Gasteiger partial charge in [-0.15, -0.1) is 0 Å². The summed E-state index contributed by atoms with van der Waals surface area (Å²) in [5.41, 5.74) is 2.02. The molecule has 2 unspecified atom stereocenters. The molecule has 23 heavy (non-hydrogen) atoms. The summed E-state index contributed by atoms with van der Waals surface area (Å²) in [6.45, 7) is 2.80. The molecule has 0 spiro atoms. The van der Waals surface area contributed by atoms with E-state index in [0.29, 0.717) is 18.8 Å². The maximum Gasteiger partial charge on any atom is 0.227 e. The van der Waals surface area contributed by atoms with E-state index >= 15 is 0 Å². The van der Waals surface area contributed by atoms with Crippen LogP contribution >= 0.6 is 0 Å². The van der Waals surface area contributed by atoms with Crippen LogP contribution in [0.3, 0.4) is 0 Å². The maximum absolute atomic E-state index is 12.1.